The Kier molecular flexibility index (Phi) is 6.25. The normalized spacial score (nSPS) is 10.8. The minimum absolute atomic E-state index is 0.0473. The number of hydrogen-bond donors (Lipinski definition) is 2. The number of fused-ring (bicyclic) bond motifs is 1. The maximum absolute atomic E-state index is 11.9. The molecule has 0 radical (unpaired) electrons. The number of nitrogens with zero attached hydrogens (tertiary/aromatic N) is 1. The van der Waals surface area contributed by atoms with Crippen molar-refractivity contribution in [2.45, 2.75) is 32.6 Å². The molecule has 0 spiro atoms. The van der Waals surface area contributed by atoms with Crippen LogP contribution in [0, 0.1) is 0 Å². The number of H-pyrrole nitrogens is 1. The van der Waals surface area contributed by atoms with Crippen molar-refractivity contribution in [2.75, 3.05) is 13.2 Å². The molecule has 2 N–H and O–H groups in total. The fourth-order valence-electron chi connectivity index (χ4n) is 2.78. The monoisotopic (exact) mass is 351 g/mol. The van der Waals surface area contributed by atoms with Gasteiger partial charge < -0.3 is 15.0 Å². The van der Waals surface area contributed by atoms with Gasteiger partial charge in [-0.2, -0.15) is 0 Å². The van der Waals surface area contributed by atoms with Gasteiger partial charge in [0.05, 0.1) is 17.6 Å². The van der Waals surface area contributed by atoms with Crippen molar-refractivity contribution in [1.82, 2.24) is 15.3 Å². The third-order valence-corrected chi connectivity index (χ3v) is 4.27. The van der Waals surface area contributed by atoms with E-state index in [0.717, 1.165) is 29.0 Å². The highest BCUT2D eigenvalue weighted by Gasteiger charge is 2.04. The number of para-hydroxylation sites is 2. The van der Waals surface area contributed by atoms with Crippen molar-refractivity contribution in [3.05, 3.63) is 59.9 Å². The second kappa shape index (κ2) is 9.04. The number of aryl methyl sites for hydroxylation is 1. The molecule has 1 amide bonds. The number of amides is 1. The van der Waals surface area contributed by atoms with E-state index in [0.29, 0.717) is 32.4 Å². The Morgan fingerprint density at radius 2 is 1.96 bits per heavy atom. The average molecular weight is 351 g/mol. The Morgan fingerprint density at radius 3 is 2.73 bits per heavy atom. The number of carbonyl (C=O) groups is 1. The Labute approximate surface area is 153 Å². The van der Waals surface area contributed by atoms with Crippen LogP contribution in [0.1, 0.15) is 31.2 Å². The third-order valence-electron chi connectivity index (χ3n) is 4.27. The van der Waals surface area contributed by atoms with Gasteiger partial charge in [-0.1, -0.05) is 31.2 Å². The van der Waals surface area contributed by atoms with E-state index in [9.17, 15) is 4.79 Å². The van der Waals surface area contributed by atoms with Crippen molar-refractivity contribution in [1.29, 1.82) is 0 Å². The number of benzene rings is 2. The van der Waals surface area contributed by atoms with Crippen LogP contribution in [0.2, 0.25) is 0 Å². The summed E-state index contributed by atoms with van der Waals surface area (Å²) >= 11 is 0. The summed E-state index contributed by atoms with van der Waals surface area (Å²) in [7, 11) is 0. The fraction of sp³-hybridized carbons (Fsp3) is 0.333. The summed E-state index contributed by atoms with van der Waals surface area (Å²) in [5, 5.41) is 2.93. The van der Waals surface area contributed by atoms with E-state index in [-0.39, 0.29) is 5.91 Å². The maximum Gasteiger partial charge on any atom is 0.220 e. The summed E-state index contributed by atoms with van der Waals surface area (Å²) in [5.41, 5.74) is 3.28. The largest absolute Gasteiger partial charge is 0.494 e. The van der Waals surface area contributed by atoms with Gasteiger partial charge >= 0.3 is 0 Å². The molecule has 26 heavy (non-hydrogen) atoms. The lowest BCUT2D eigenvalue weighted by atomic mass is 10.2. The van der Waals surface area contributed by atoms with Crippen LogP contribution in [0.25, 0.3) is 11.0 Å². The van der Waals surface area contributed by atoms with Crippen LogP contribution in [0.4, 0.5) is 0 Å². The van der Waals surface area contributed by atoms with E-state index in [2.05, 4.69) is 34.3 Å². The van der Waals surface area contributed by atoms with Gasteiger partial charge in [0, 0.05) is 19.4 Å². The number of hydrogen-bond acceptors (Lipinski definition) is 3. The number of aromatic nitrogens is 2. The highest BCUT2D eigenvalue weighted by atomic mass is 16.5. The quantitative estimate of drug-likeness (QED) is 0.578. The molecule has 0 saturated carbocycles. The smallest absolute Gasteiger partial charge is 0.220 e. The molecule has 0 aliphatic rings. The zero-order valence-electron chi connectivity index (χ0n) is 15.1. The first-order valence-corrected chi connectivity index (χ1v) is 9.16. The van der Waals surface area contributed by atoms with E-state index in [1.165, 1.54) is 5.56 Å². The molecule has 5 heteroatoms. The standard InChI is InChI=1S/C21H25N3O2/c1-2-16-9-11-17(12-10-16)26-15-5-8-21(25)22-14-13-20-23-18-6-3-4-7-19(18)24-20/h3-4,6-7,9-12H,2,5,8,13-15H2,1H3,(H,22,25)(H,23,24). The van der Waals surface area contributed by atoms with E-state index in [1.807, 2.05) is 36.4 Å². The van der Waals surface area contributed by atoms with Crippen LogP contribution in [0.3, 0.4) is 0 Å². The predicted octanol–water partition coefficient (Wildman–Crippen LogP) is 3.64. The topological polar surface area (TPSA) is 67.0 Å². The van der Waals surface area contributed by atoms with Gasteiger partial charge in [-0.25, -0.2) is 4.98 Å². The van der Waals surface area contributed by atoms with Crippen molar-refractivity contribution in [3.8, 4) is 5.75 Å². The first kappa shape index (κ1) is 18.0. The summed E-state index contributed by atoms with van der Waals surface area (Å²) in [6.45, 7) is 3.25. The van der Waals surface area contributed by atoms with Crippen LogP contribution in [0.15, 0.2) is 48.5 Å². The molecular formula is C21H25N3O2. The first-order valence-electron chi connectivity index (χ1n) is 9.16. The Hall–Kier alpha value is -2.82. The number of nitrogens with one attached hydrogen (secondary N) is 2. The maximum atomic E-state index is 11.9. The second-order valence-corrected chi connectivity index (χ2v) is 6.25. The minimum atomic E-state index is 0.0473. The molecule has 0 bridgehead atoms. The Balaban J connectivity index is 1.31. The van der Waals surface area contributed by atoms with E-state index >= 15 is 0 Å². The summed E-state index contributed by atoms with van der Waals surface area (Å²) < 4.78 is 5.67. The van der Waals surface area contributed by atoms with Crippen molar-refractivity contribution in [2.24, 2.45) is 0 Å². The third kappa shape index (κ3) is 5.09. The van der Waals surface area contributed by atoms with Gasteiger partial charge in [-0.05, 0) is 42.7 Å². The number of aromatic amines is 1. The molecule has 0 atom stereocenters. The molecule has 1 heterocycles. The molecule has 0 fully saturated rings. The highest BCUT2D eigenvalue weighted by molar-refractivity contribution is 5.76. The molecule has 136 valence electrons. The summed E-state index contributed by atoms with van der Waals surface area (Å²) in [6, 6.07) is 16.0. The van der Waals surface area contributed by atoms with E-state index < -0.39 is 0 Å². The fourth-order valence-corrected chi connectivity index (χ4v) is 2.78. The lowest BCUT2D eigenvalue weighted by Crippen LogP contribution is -2.26. The van der Waals surface area contributed by atoms with Crippen LogP contribution in [-0.4, -0.2) is 29.0 Å². The molecule has 0 unspecified atom stereocenters. The lowest BCUT2D eigenvalue weighted by molar-refractivity contribution is -0.121. The Bertz CT molecular complexity index is 807. The van der Waals surface area contributed by atoms with Gasteiger partial charge in [-0.15, -0.1) is 0 Å². The molecule has 5 nitrogen and oxygen atoms in total. The van der Waals surface area contributed by atoms with Gasteiger partial charge in [0.2, 0.25) is 5.91 Å². The zero-order chi connectivity index (χ0) is 18.2. The molecule has 0 saturated heterocycles. The first-order chi connectivity index (χ1) is 12.7. The van der Waals surface area contributed by atoms with Gasteiger partial charge in [0.25, 0.3) is 0 Å². The van der Waals surface area contributed by atoms with Crippen molar-refractivity contribution in [3.63, 3.8) is 0 Å². The van der Waals surface area contributed by atoms with Gasteiger partial charge in [-0.3, -0.25) is 4.79 Å². The number of carbonyl (C=O) groups excluding carboxylic acids is 1. The molecule has 2 aromatic carbocycles. The lowest BCUT2D eigenvalue weighted by Gasteiger charge is -2.07. The van der Waals surface area contributed by atoms with Gasteiger partial charge in [0.15, 0.2) is 0 Å². The summed E-state index contributed by atoms with van der Waals surface area (Å²) in [6.07, 6.45) is 2.88. The molecule has 3 rings (SSSR count). The van der Waals surface area contributed by atoms with Gasteiger partial charge in [0.1, 0.15) is 11.6 Å². The Morgan fingerprint density at radius 1 is 1.15 bits per heavy atom. The number of rotatable bonds is 9. The average Bonchev–Trinajstić information content (AvgIpc) is 3.08. The van der Waals surface area contributed by atoms with Crippen molar-refractivity contribution >= 4 is 16.9 Å². The molecule has 1 aromatic heterocycles. The summed E-state index contributed by atoms with van der Waals surface area (Å²) in [5.74, 6) is 1.80. The minimum Gasteiger partial charge on any atom is -0.494 e. The van der Waals surface area contributed by atoms with Crippen LogP contribution in [0.5, 0.6) is 5.75 Å². The SMILES string of the molecule is CCc1ccc(OCCCC(=O)NCCc2nc3ccccc3[nH]2)cc1. The molecular weight excluding hydrogens is 326 g/mol. The van der Waals surface area contributed by atoms with Crippen LogP contribution in [-0.2, 0) is 17.6 Å². The number of imidazole rings is 1. The highest BCUT2D eigenvalue weighted by Crippen LogP contribution is 2.13. The predicted molar refractivity (Wildman–Crippen MR) is 103 cm³/mol. The van der Waals surface area contributed by atoms with E-state index in [4.69, 9.17) is 4.74 Å². The van der Waals surface area contributed by atoms with E-state index in [1.54, 1.807) is 0 Å². The molecule has 0 aliphatic carbocycles. The van der Waals surface area contributed by atoms with Crippen LogP contribution < -0.4 is 10.1 Å². The number of ether oxygens (including phenoxy) is 1. The van der Waals surface area contributed by atoms with Crippen LogP contribution >= 0.6 is 0 Å². The molecule has 3 aromatic rings. The summed E-state index contributed by atoms with van der Waals surface area (Å²) in [4.78, 5) is 19.7. The van der Waals surface area contributed by atoms with Crippen molar-refractivity contribution < 1.29 is 9.53 Å². The zero-order valence-corrected chi connectivity index (χ0v) is 15.1. The second-order valence-electron chi connectivity index (χ2n) is 6.25. The molecule has 0 aliphatic heterocycles.